The Morgan fingerprint density at radius 3 is 3.18 bits per heavy atom. The van der Waals surface area contributed by atoms with E-state index in [1.807, 2.05) is 0 Å². The number of carbonyl (C=O) groups excluding carboxylic acids is 1. The Morgan fingerprint density at radius 2 is 2.47 bits per heavy atom. The highest BCUT2D eigenvalue weighted by Crippen LogP contribution is 2.05. The largest absolute Gasteiger partial charge is 0.463 e. The van der Waals surface area contributed by atoms with Gasteiger partial charge >= 0.3 is 5.97 Å². The third-order valence-corrected chi connectivity index (χ3v) is 2.05. The van der Waals surface area contributed by atoms with Crippen molar-refractivity contribution in [3.63, 3.8) is 0 Å². The number of nitrogens with one attached hydrogen (secondary N) is 2. The van der Waals surface area contributed by atoms with Crippen LogP contribution in [0.15, 0.2) is 24.7 Å². The molecule has 0 atom stereocenters. The van der Waals surface area contributed by atoms with Crippen molar-refractivity contribution in [2.45, 2.75) is 6.54 Å². The SMILES string of the molecule is COC(=O)c1nccc(NCc2cn[nH]c2)n1. The second-order valence-corrected chi connectivity index (χ2v) is 3.22. The van der Waals surface area contributed by atoms with E-state index in [1.165, 1.54) is 13.3 Å². The van der Waals surface area contributed by atoms with Crippen LogP contribution in [0.4, 0.5) is 5.82 Å². The average Bonchev–Trinajstić information content (AvgIpc) is 2.89. The molecule has 7 nitrogen and oxygen atoms in total. The standard InChI is InChI=1S/C10H11N5O2/c1-17-10(16)9-11-3-2-8(15-9)12-4-7-5-13-14-6-7/h2-3,5-6H,4H2,1H3,(H,13,14)(H,11,12,15). The topological polar surface area (TPSA) is 92.8 Å². The maximum atomic E-state index is 11.2. The Kier molecular flexibility index (Phi) is 3.29. The highest BCUT2D eigenvalue weighted by atomic mass is 16.5. The molecule has 0 unspecified atom stereocenters. The van der Waals surface area contributed by atoms with E-state index >= 15 is 0 Å². The summed E-state index contributed by atoms with van der Waals surface area (Å²) in [5.74, 6) is 0.0308. The van der Waals surface area contributed by atoms with Crippen molar-refractivity contribution < 1.29 is 9.53 Å². The molecule has 0 saturated heterocycles. The third-order valence-electron chi connectivity index (χ3n) is 2.05. The summed E-state index contributed by atoms with van der Waals surface area (Å²) in [6, 6.07) is 1.67. The molecule has 0 amide bonds. The molecular weight excluding hydrogens is 222 g/mol. The van der Waals surface area contributed by atoms with Crippen LogP contribution in [-0.4, -0.2) is 33.2 Å². The van der Waals surface area contributed by atoms with E-state index in [0.29, 0.717) is 12.4 Å². The fourth-order valence-corrected chi connectivity index (χ4v) is 1.21. The van der Waals surface area contributed by atoms with Gasteiger partial charge in [0, 0.05) is 24.5 Å². The number of ether oxygens (including phenoxy) is 1. The van der Waals surface area contributed by atoms with Crippen LogP contribution in [-0.2, 0) is 11.3 Å². The molecule has 2 N–H and O–H groups in total. The van der Waals surface area contributed by atoms with Crippen molar-refractivity contribution in [3.05, 3.63) is 36.0 Å². The molecule has 2 aromatic heterocycles. The number of hydrogen-bond acceptors (Lipinski definition) is 6. The van der Waals surface area contributed by atoms with Crippen LogP contribution in [0.2, 0.25) is 0 Å². The van der Waals surface area contributed by atoms with E-state index in [4.69, 9.17) is 0 Å². The molecule has 0 aliphatic carbocycles. The number of hydrogen-bond donors (Lipinski definition) is 2. The Labute approximate surface area is 97.2 Å². The normalized spacial score (nSPS) is 9.94. The number of carbonyl (C=O) groups is 1. The summed E-state index contributed by atoms with van der Waals surface area (Å²) >= 11 is 0. The molecule has 0 aromatic carbocycles. The Morgan fingerprint density at radius 1 is 1.59 bits per heavy atom. The number of rotatable bonds is 4. The highest BCUT2D eigenvalue weighted by molar-refractivity contribution is 5.85. The average molecular weight is 233 g/mol. The zero-order valence-corrected chi connectivity index (χ0v) is 9.17. The molecule has 0 radical (unpaired) electrons. The maximum absolute atomic E-state index is 11.2. The fraction of sp³-hybridized carbons (Fsp3) is 0.200. The summed E-state index contributed by atoms with van der Waals surface area (Å²) in [6.07, 6.45) is 4.97. The zero-order valence-electron chi connectivity index (χ0n) is 9.17. The van der Waals surface area contributed by atoms with Gasteiger partial charge < -0.3 is 10.1 Å². The summed E-state index contributed by atoms with van der Waals surface area (Å²) < 4.78 is 4.53. The highest BCUT2D eigenvalue weighted by Gasteiger charge is 2.09. The first kappa shape index (κ1) is 11.1. The summed E-state index contributed by atoms with van der Waals surface area (Å²) in [6.45, 7) is 0.564. The number of nitrogens with zero attached hydrogens (tertiary/aromatic N) is 3. The molecule has 2 rings (SSSR count). The lowest BCUT2D eigenvalue weighted by atomic mass is 10.3. The monoisotopic (exact) mass is 233 g/mol. The van der Waals surface area contributed by atoms with Crippen LogP contribution in [0.25, 0.3) is 0 Å². The van der Waals surface area contributed by atoms with Crippen molar-refractivity contribution >= 4 is 11.8 Å². The van der Waals surface area contributed by atoms with E-state index in [2.05, 4.69) is 30.2 Å². The van der Waals surface area contributed by atoms with Gasteiger partial charge in [0.15, 0.2) is 0 Å². The predicted octanol–water partition coefficient (Wildman–Crippen LogP) is 0.598. The molecule has 0 aliphatic heterocycles. The zero-order chi connectivity index (χ0) is 12.1. The van der Waals surface area contributed by atoms with Gasteiger partial charge in [0.25, 0.3) is 0 Å². The summed E-state index contributed by atoms with van der Waals surface area (Å²) in [7, 11) is 1.29. The smallest absolute Gasteiger partial charge is 0.376 e. The van der Waals surface area contributed by atoms with E-state index in [-0.39, 0.29) is 5.82 Å². The maximum Gasteiger partial charge on any atom is 0.376 e. The molecule has 88 valence electrons. The van der Waals surface area contributed by atoms with E-state index < -0.39 is 5.97 Å². The van der Waals surface area contributed by atoms with Crippen molar-refractivity contribution in [1.82, 2.24) is 20.2 Å². The summed E-state index contributed by atoms with van der Waals surface area (Å²) in [4.78, 5) is 19.0. The van der Waals surface area contributed by atoms with Crippen molar-refractivity contribution in [1.29, 1.82) is 0 Å². The molecule has 2 aromatic rings. The van der Waals surface area contributed by atoms with E-state index in [9.17, 15) is 4.79 Å². The quantitative estimate of drug-likeness (QED) is 0.751. The Hall–Kier alpha value is -2.44. The lowest BCUT2D eigenvalue weighted by molar-refractivity contribution is 0.0587. The van der Waals surface area contributed by atoms with Gasteiger partial charge in [0.1, 0.15) is 5.82 Å². The van der Waals surface area contributed by atoms with Crippen LogP contribution in [0.1, 0.15) is 16.2 Å². The van der Waals surface area contributed by atoms with E-state index in [0.717, 1.165) is 5.56 Å². The second-order valence-electron chi connectivity index (χ2n) is 3.22. The summed E-state index contributed by atoms with van der Waals surface area (Å²) in [5, 5.41) is 9.58. The van der Waals surface area contributed by atoms with Crippen molar-refractivity contribution in [3.8, 4) is 0 Å². The van der Waals surface area contributed by atoms with Gasteiger partial charge in [0.2, 0.25) is 5.82 Å². The number of esters is 1. The van der Waals surface area contributed by atoms with Crippen LogP contribution < -0.4 is 5.32 Å². The van der Waals surface area contributed by atoms with Crippen molar-refractivity contribution in [2.24, 2.45) is 0 Å². The van der Waals surface area contributed by atoms with Crippen LogP contribution >= 0.6 is 0 Å². The number of aromatic nitrogens is 4. The predicted molar refractivity (Wildman–Crippen MR) is 59.3 cm³/mol. The summed E-state index contributed by atoms with van der Waals surface area (Å²) in [5.41, 5.74) is 0.989. The first-order valence-corrected chi connectivity index (χ1v) is 4.92. The van der Waals surface area contributed by atoms with Crippen LogP contribution in [0, 0.1) is 0 Å². The van der Waals surface area contributed by atoms with Gasteiger partial charge in [-0.1, -0.05) is 0 Å². The van der Waals surface area contributed by atoms with Gasteiger partial charge in [-0.2, -0.15) is 5.10 Å². The van der Waals surface area contributed by atoms with Gasteiger partial charge in [-0.15, -0.1) is 0 Å². The molecule has 17 heavy (non-hydrogen) atoms. The number of H-pyrrole nitrogens is 1. The molecule has 0 spiro atoms. The van der Waals surface area contributed by atoms with Gasteiger partial charge in [0.05, 0.1) is 13.3 Å². The van der Waals surface area contributed by atoms with Crippen LogP contribution in [0.5, 0.6) is 0 Å². The minimum Gasteiger partial charge on any atom is -0.463 e. The molecular formula is C10H11N5O2. The number of methoxy groups -OCH3 is 1. The van der Waals surface area contributed by atoms with E-state index in [1.54, 1.807) is 18.5 Å². The number of anilines is 1. The Balaban J connectivity index is 2.03. The molecule has 0 fully saturated rings. The number of aromatic amines is 1. The minimum atomic E-state index is -0.558. The minimum absolute atomic E-state index is 0.0321. The van der Waals surface area contributed by atoms with Gasteiger partial charge in [-0.25, -0.2) is 14.8 Å². The molecule has 0 bridgehead atoms. The first-order chi connectivity index (χ1) is 8.29. The molecule has 0 aliphatic rings. The van der Waals surface area contributed by atoms with Crippen molar-refractivity contribution in [2.75, 3.05) is 12.4 Å². The van der Waals surface area contributed by atoms with Gasteiger partial charge in [-0.05, 0) is 6.07 Å². The lowest BCUT2D eigenvalue weighted by Gasteiger charge is -2.04. The Bertz CT molecular complexity index is 497. The molecule has 7 heteroatoms. The van der Waals surface area contributed by atoms with Gasteiger partial charge in [-0.3, -0.25) is 5.10 Å². The first-order valence-electron chi connectivity index (χ1n) is 4.92. The fourth-order valence-electron chi connectivity index (χ4n) is 1.21. The molecule has 0 saturated carbocycles. The lowest BCUT2D eigenvalue weighted by Crippen LogP contribution is -2.09. The molecule has 2 heterocycles. The van der Waals surface area contributed by atoms with Crippen LogP contribution in [0.3, 0.4) is 0 Å². The second kappa shape index (κ2) is 5.06. The third kappa shape index (κ3) is 2.77.